The monoisotopic (exact) mass is 259 g/mol. The van der Waals surface area contributed by atoms with Gasteiger partial charge in [-0.15, -0.1) is 11.3 Å². The first-order valence-electron chi connectivity index (χ1n) is 5.80. The van der Waals surface area contributed by atoms with Gasteiger partial charge in [-0.3, -0.25) is 0 Å². The Morgan fingerprint density at radius 2 is 2.39 bits per heavy atom. The van der Waals surface area contributed by atoms with Crippen molar-refractivity contribution >= 4 is 11.3 Å². The van der Waals surface area contributed by atoms with Crippen molar-refractivity contribution in [2.45, 2.75) is 19.9 Å². The minimum absolute atomic E-state index is 0.726. The minimum atomic E-state index is 0.726. The lowest BCUT2D eigenvalue weighted by Gasteiger charge is -2.04. The summed E-state index contributed by atoms with van der Waals surface area (Å²) in [6.45, 7) is 2.81. The zero-order valence-corrected chi connectivity index (χ0v) is 10.9. The van der Waals surface area contributed by atoms with Crippen LogP contribution in [-0.4, -0.2) is 14.7 Å². The van der Waals surface area contributed by atoms with Crippen LogP contribution in [0.15, 0.2) is 40.5 Å². The number of hydrogen-bond donors (Lipinski definition) is 0. The summed E-state index contributed by atoms with van der Waals surface area (Å²) >= 11 is 1.78. The number of nitrogens with zero attached hydrogens (tertiary/aromatic N) is 3. The molecule has 3 heterocycles. The van der Waals surface area contributed by atoms with Crippen LogP contribution in [0.25, 0.3) is 11.6 Å². The number of imidazole rings is 1. The fourth-order valence-electron chi connectivity index (χ4n) is 1.87. The molecule has 0 aliphatic rings. The predicted octanol–water partition coefficient (Wildman–Crippen LogP) is 3.15. The van der Waals surface area contributed by atoms with E-state index < -0.39 is 0 Å². The van der Waals surface area contributed by atoms with Crippen molar-refractivity contribution in [3.8, 4) is 11.6 Å². The molecule has 0 amide bonds. The molecular formula is C13H13N3OS. The van der Waals surface area contributed by atoms with Crippen LogP contribution in [0.4, 0.5) is 0 Å². The number of hydrogen-bond acceptors (Lipinski definition) is 4. The fourth-order valence-corrected chi connectivity index (χ4v) is 2.57. The Labute approximate surface area is 109 Å². The third kappa shape index (κ3) is 2.22. The Morgan fingerprint density at radius 3 is 3.11 bits per heavy atom. The van der Waals surface area contributed by atoms with Gasteiger partial charge in [-0.25, -0.2) is 4.98 Å². The average Bonchev–Trinajstić information content (AvgIpc) is 3.07. The number of aryl methyl sites for hydroxylation is 3. The topological polar surface area (TPSA) is 43.9 Å². The normalized spacial score (nSPS) is 10.9. The van der Waals surface area contributed by atoms with Crippen molar-refractivity contribution in [3.05, 3.63) is 46.5 Å². The molecule has 0 spiro atoms. The van der Waals surface area contributed by atoms with Crippen molar-refractivity contribution < 1.29 is 4.52 Å². The Bertz CT molecular complexity index is 624. The third-order valence-electron chi connectivity index (χ3n) is 2.74. The fraction of sp³-hybridized carbons (Fsp3) is 0.231. The molecule has 0 saturated heterocycles. The maximum atomic E-state index is 5.26. The van der Waals surface area contributed by atoms with Gasteiger partial charge in [0.25, 0.3) is 0 Å². The van der Waals surface area contributed by atoms with Crippen molar-refractivity contribution in [2.24, 2.45) is 0 Å². The molecule has 92 valence electrons. The molecule has 0 unspecified atom stereocenters. The number of thiophene rings is 1. The van der Waals surface area contributed by atoms with E-state index in [-0.39, 0.29) is 0 Å². The molecule has 4 nitrogen and oxygen atoms in total. The van der Waals surface area contributed by atoms with Crippen LogP contribution in [-0.2, 0) is 13.0 Å². The van der Waals surface area contributed by atoms with Crippen molar-refractivity contribution in [1.29, 1.82) is 0 Å². The molecule has 3 rings (SSSR count). The van der Waals surface area contributed by atoms with E-state index in [2.05, 4.69) is 32.2 Å². The molecule has 0 saturated carbocycles. The Kier molecular flexibility index (Phi) is 2.98. The summed E-state index contributed by atoms with van der Waals surface area (Å²) in [5, 5.41) is 6.00. The number of rotatable bonds is 4. The van der Waals surface area contributed by atoms with Gasteiger partial charge >= 0.3 is 0 Å². The average molecular weight is 259 g/mol. The SMILES string of the molecule is Cc1cc(-c2nccn2CCc2cccs2)on1. The molecule has 0 atom stereocenters. The van der Waals surface area contributed by atoms with Crippen LogP contribution in [0, 0.1) is 6.92 Å². The lowest BCUT2D eigenvalue weighted by molar-refractivity contribution is 0.422. The minimum Gasteiger partial charge on any atom is -0.353 e. The maximum Gasteiger partial charge on any atom is 0.202 e. The van der Waals surface area contributed by atoms with Gasteiger partial charge in [0, 0.05) is 29.9 Å². The van der Waals surface area contributed by atoms with E-state index in [1.165, 1.54) is 4.88 Å². The van der Waals surface area contributed by atoms with Crippen molar-refractivity contribution in [1.82, 2.24) is 14.7 Å². The lowest BCUT2D eigenvalue weighted by atomic mass is 10.3. The molecular weight excluding hydrogens is 246 g/mol. The zero-order valence-electron chi connectivity index (χ0n) is 10.0. The van der Waals surface area contributed by atoms with Gasteiger partial charge in [-0.05, 0) is 24.8 Å². The van der Waals surface area contributed by atoms with Gasteiger partial charge in [-0.2, -0.15) is 0 Å². The molecule has 0 N–H and O–H groups in total. The van der Waals surface area contributed by atoms with E-state index in [9.17, 15) is 0 Å². The van der Waals surface area contributed by atoms with Crippen LogP contribution in [0.3, 0.4) is 0 Å². The van der Waals surface area contributed by atoms with Gasteiger partial charge in [0.1, 0.15) is 0 Å². The highest BCUT2D eigenvalue weighted by Crippen LogP contribution is 2.19. The van der Waals surface area contributed by atoms with Crippen LogP contribution in [0.2, 0.25) is 0 Å². The first-order chi connectivity index (χ1) is 8.83. The smallest absolute Gasteiger partial charge is 0.202 e. The summed E-state index contributed by atoms with van der Waals surface area (Å²) in [6, 6.07) is 6.14. The molecule has 0 bridgehead atoms. The van der Waals surface area contributed by atoms with Crippen LogP contribution >= 0.6 is 11.3 Å². The van der Waals surface area contributed by atoms with E-state index in [1.807, 2.05) is 19.2 Å². The molecule has 3 aromatic heterocycles. The van der Waals surface area contributed by atoms with Crippen LogP contribution < -0.4 is 0 Å². The molecule has 0 aliphatic carbocycles. The highest BCUT2D eigenvalue weighted by atomic mass is 32.1. The molecule has 18 heavy (non-hydrogen) atoms. The van der Waals surface area contributed by atoms with Gasteiger partial charge in [0.2, 0.25) is 5.76 Å². The summed E-state index contributed by atoms with van der Waals surface area (Å²) in [4.78, 5) is 5.71. The molecule has 0 fully saturated rings. The Morgan fingerprint density at radius 1 is 1.44 bits per heavy atom. The second-order valence-corrected chi connectivity index (χ2v) is 5.14. The Balaban J connectivity index is 1.79. The summed E-state index contributed by atoms with van der Waals surface area (Å²) < 4.78 is 7.35. The van der Waals surface area contributed by atoms with Crippen LogP contribution in [0.1, 0.15) is 10.6 Å². The quantitative estimate of drug-likeness (QED) is 0.723. The highest BCUT2D eigenvalue weighted by molar-refractivity contribution is 7.09. The standard InChI is InChI=1S/C13H13N3OS/c1-10-9-12(17-15-10)13-14-5-7-16(13)6-4-11-3-2-8-18-11/h2-3,5,7-9H,4,6H2,1H3. The van der Waals surface area contributed by atoms with E-state index in [1.54, 1.807) is 17.5 Å². The zero-order chi connectivity index (χ0) is 12.4. The van der Waals surface area contributed by atoms with E-state index in [0.29, 0.717) is 0 Å². The van der Waals surface area contributed by atoms with E-state index in [4.69, 9.17) is 4.52 Å². The summed E-state index contributed by atoms with van der Waals surface area (Å²) in [5.41, 5.74) is 0.873. The van der Waals surface area contributed by atoms with Crippen LogP contribution in [0.5, 0.6) is 0 Å². The molecule has 0 aliphatic heterocycles. The highest BCUT2D eigenvalue weighted by Gasteiger charge is 2.10. The predicted molar refractivity (Wildman–Crippen MR) is 70.5 cm³/mol. The van der Waals surface area contributed by atoms with Gasteiger partial charge < -0.3 is 9.09 Å². The van der Waals surface area contributed by atoms with Gasteiger partial charge in [-0.1, -0.05) is 11.2 Å². The summed E-state index contributed by atoms with van der Waals surface area (Å²) in [5.74, 6) is 1.57. The molecule has 5 heteroatoms. The van der Waals surface area contributed by atoms with E-state index in [0.717, 1.165) is 30.2 Å². The molecule has 0 aromatic carbocycles. The maximum absolute atomic E-state index is 5.26. The van der Waals surface area contributed by atoms with E-state index >= 15 is 0 Å². The second kappa shape index (κ2) is 4.78. The summed E-state index contributed by atoms with van der Waals surface area (Å²) in [6.07, 6.45) is 4.77. The lowest BCUT2D eigenvalue weighted by Crippen LogP contribution is -2.01. The number of aromatic nitrogens is 3. The Hall–Kier alpha value is -1.88. The van der Waals surface area contributed by atoms with Gasteiger partial charge in [0.15, 0.2) is 5.82 Å². The molecule has 3 aromatic rings. The molecule has 0 radical (unpaired) electrons. The third-order valence-corrected chi connectivity index (χ3v) is 3.68. The van der Waals surface area contributed by atoms with Crippen molar-refractivity contribution in [2.75, 3.05) is 0 Å². The van der Waals surface area contributed by atoms with Crippen molar-refractivity contribution in [3.63, 3.8) is 0 Å². The first kappa shape index (κ1) is 11.2. The summed E-state index contributed by atoms with van der Waals surface area (Å²) in [7, 11) is 0. The second-order valence-electron chi connectivity index (χ2n) is 4.11. The largest absolute Gasteiger partial charge is 0.353 e. The van der Waals surface area contributed by atoms with Gasteiger partial charge in [0.05, 0.1) is 5.69 Å². The first-order valence-corrected chi connectivity index (χ1v) is 6.68.